The average molecular weight is 424 g/mol. The van der Waals surface area contributed by atoms with Gasteiger partial charge in [-0.25, -0.2) is 0 Å². The second-order valence-corrected chi connectivity index (χ2v) is 7.57. The Morgan fingerprint density at radius 3 is 0.935 bits per heavy atom. The fraction of sp³-hybridized carbons (Fsp3) is 0.111. The summed E-state index contributed by atoms with van der Waals surface area (Å²) in [5.74, 6) is 11.9. The summed E-state index contributed by atoms with van der Waals surface area (Å²) in [6, 6.07) is 22.9. The summed E-state index contributed by atoms with van der Waals surface area (Å²) in [5, 5.41) is 0. The van der Waals surface area contributed by atoms with Crippen LogP contribution in [0.3, 0.4) is 0 Å². The smallest absolute Gasteiger partial charge is 0.128 e. The van der Waals surface area contributed by atoms with Crippen LogP contribution >= 0.6 is 7.92 Å². The summed E-state index contributed by atoms with van der Waals surface area (Å²) in [5.41, 5.74) is 12.4. The molecule has 0 amide bonds. The second-order valence-electron chi connectivity index (χ2n) is 6.23. The molecule has 152 valence electrons. The lowest BCUT2D eigenvalue weighted by Gasteiger charge is -1.99. The summed E-state index contributed by atoms with van der Waals surface area (Å²) >= 11 is 0. The van der Waals surface area contributed by atoms with Crippen molar-refractivity contribution in [3.63, 3.8) is 0 Å². The van der Waals surface area contributed by atoms with Crippen LogP contribution < -0.4 is 14.2 Å². The molecule has 31 heavy (non-hydrogen) atoms. The number of benzene rings is 3. The molecule has 4 heteroatoms. The zero-order valence-electron chi connectivity index (χ0n) is 17.6. The molecule has 0 aliphatic carbocycles. The number of hydrogen-bond acceptors (Lipinski definition) is 3. The first kappa shape index (κ1) is 21.9. The largest absolute Gasteiger partial charge is 0.497 e. The summed E-state index contributed by atoms with van der Waals surface area (Å²) in [6.07, 6.45) is 0. The highest BCUT2D eigenvalue weighted by Crippen LogP contribution is 2.31. The lowest BCUT2D eigenvalue weighted by Crippen LogP contribution is -1.82. The van der Waals surface area contributed by atoms with Crippen molar-refractivity contribution in [1.82, 2.24) is 0 Å². The quantitative estimate of drug-likeness (QED) is 0.409. The third-order valence-corrected chi connectivity index (χ3v) is 5.21. The van der Waals surface area contributed by atoms with Gasteiger partial charge in [-0.2, -0.15) is 0 Å². The molecule has 0 unspecified atom stereocenters. The van der Waals surface area contributed by atoms with Crippen LogP contribution in [0.2, 0.25) is 0 Å². The monoisotopic (exact) mass is 424 g/mol. The summed E-state index contributed by atoms with van der Waals surface area (Å²) in [6.45, 7) is 0. The van der Waals surface area contributed by atoms with E-state index in [9.17, 15) is 0 Å². The van der Waals surface area contributed by atoms with Gasteiger partial charge < -0.3 is 14.2 Å². The Kier molecular flexibility index (Phi) is 8.03. The zero-order chi connectivity index (χ0) is 21.9. The summed E-state index contributed by atoms with van der Waals surface area (Å²) in [4.78, 5) is 0. The minimum atomic E-state index is -1.14. The highest BCUT2D eigenvalue weighted by Gasteiger charge is 1.98. The molecule has 0 saturated heterocycles. The third-order valence-electron chi connectivity index (χ3n) is 4.21. The summed E-state index contributed by atoms with van der Waals surface area (Å²) < 4.78 is 15.6. The molecule has 3 aromatic rings. The van der Waals surface area contributed by atoms with E-state index in [4.69, 9.17) is 14.2 Å². The van der Waals surface area contributed by atoms with Gasteiger partial charge in [0, 0.05) is 16.7 Å². The molecule has 0 aliphatic heterocycles. The minimum Gasteiger partial charge on any atom is -0.497 e. The fourth-order valence-electron chi connectivity index (χ4n) is 2.47. The van der Waals surface area contributed by atoms with Gasteiger partial charge >= 0.3 is 0 Å². The number of hydrogen-bond donors (Lipinski definition) is 0. The van der Waals surface area contributed by atoms with Crippen LogP contribution in [-0.4, -0.2) is 21.3 Å². The lowest BCUT2D eigenvalue weighted by atomic mass is 10.2. The van der Waals surface area contributed by atoms with Crippen molar-refractivity contribution < 1.29 is 14.2 Å². The molecule has 3 aromatic carbocycles. The predicted molar refractivity (Wildman–Crippen MR) is 127 cm³/mol. The van der Waals surface area contributed by atoms with Gasteiger partial charge in [-0.3, -0.25) is 0 Å². The first-order valence-corrected chi connectivity index (χ1v) is 10.8. The van der Waals surface area contributed by atoms with E-state index >= 15 is 0 Å². The van der Waals surface area contributed by atoms with Crippen molar-refractivity contribution in [2.24, 2.45) is 0 Å². The van der Waals surface area contributed by atoms with Crippen LogP contribution in [0.4, 0.5) is 0 Å². The number of ether oxygens (including phenoxy) is 3. The van der Waals surface area contributed by atoms with Crippen molar-refractivity contribution in [3.05, 3.63) is 89.5 Å². The molecule has 0 N–H and O–H groups in total. The molecule has 0 saturated carbocycles. The maximum atomic E-state index is 5.20. The van der Waals surface area contributed by atoms with Crippen LogP contribution in [-0.2, 0) is 0 Å². The van der Waals surface area contributed by atoms with Gasteiger partial charge in [0.25, 0.3) is 0 Å². The van der Waals surface area contributed by atoms with Crippen molar-refractivity contribution in [1.29, 1.82) is 0 Å². The molecule has 0 fully saturated rings. The second kappa shape index (κ2) is 11.4. The summed E-state index contributed by atoms with van der Waals surface area (Å²) in [7, 11) is 3.78. The van der Waals surface area contributed by atoms with Crippen molar-refractivity contribution in [3.8, 4) is 52.0 Å². The molecule has 0 heterocycles. The molecule has 0 bridgehead atoms. The maximum Gasteiger partial charge on any atom is 0.128 e. The van der Waals surface area contributed by atoms with Crippen LogP contribution in [0.25, 0.3) is 0 Å². The Balaban J connectivity index is 1.87. The SMILES string of the molecule is COc1ccc(C#CP(C#Cc2ccc(OC)cc2)C#Cc2ccc(OC)cc2)cc1. The molecular formula is C27H21O3P. The Labute approximate surface area is 185 Å². The molecule has 0 radical (unpaired) electrons. The van der Waals surface area contributed by atoms with E-state index in [-0.39, 0.29) is 0 Å². The van der Waals surface area contributed by atoms with Crippen LogP contribution in [0, 0.1) is 34.7 Å². The van der Waals surface area contributed by atoms with Gasteiger partial charge in [0.15, 0.2) is 0 Å². The zero-order valence-corrected chi connectivity index (χ0v) is 18.5. The van der Waals surface area contributed by atoms with Crippen LogP contribution in [0.15, 0.2) is 72.8 Å². The van der Waals surface area contributed by atoms with E-state index in [1.807, 2.05) is 72.8 Å². The fourth-order valence-corrected chi connectivity index (χ4v) is 3.36. The van der Waals surface area contributed by atoms with Gasteiger partial charge in [0.1, 0.15) is 25.2 Å². The Bertz CT molecular complexity index is 1020. The highest BCUT2D eigenvalue weighted by atomic mass is 31.1. The topological polar surface area (TPSA) is 27.7 Å². The van der Waals surface area contributed by atoms with E-state index in [0.29, 0.717) is 0 Å². The van der Waals surface area contributed by atoms with E-state index in [1.165, 1.54) is 0 Å². The average Bonchev–Trinajstić information content (AvgIpc) is 2.84. The first-order chi connectivity index (χ1) is 15.2. The minimum absolute atomic E-state index is 0.798. The van der Waals surface area contributed by atoms with Gasteiger partial charge in [-0.05, 0) is 89.8 Å². The Morgan fingerprint density at radius 2 is 0.710 bits per heavy atom. The third kappa shape index (κ3) is 6.87. The Morgan fingerprint density at radius 1 is 0.452 bits per heavy atom. The molecule has 0 spiro atoms. The Hall–Kier alpha value is -3.83. The van der Waals surface area contributed by atoms with Crippen LogP contribution in [0.5, 0.6) is 17.2 Å². The van der Waals surface area contributed by atoms with Crippen LogP contribution in [0.1, 0.15) is 16.7 Å². The molecule has 0 aliphatic rings. The molecular weight excluding hydrogens is 403 g/mol. The highest BCUT2D eigenvalue weighted by molar-refractivity contribution is 7.72. The molecule has 3 nitrogen and oxygen atoms in total. The first-order valence-electron chi connectivity index (χ1n) is 9.47. The van der Waals surface area contributed by atoms with Crippen molar-refractivity contribution >= 4 is 7.92 Å². The normalized spacial score (nSPS) is 9.29. The van der Waals surface area contributed by atoms with Crippen molar-refractivity contribution in [2.75, 3.05) is 21.3 Å². The van der Waals surface area contributed by atoms with E-state index in [2.05, 4.69) is 34.7 Å². The predicted octanol–water partition coefficient (Wildman–Crippen LogP) is 5.52. The van der Waals surface area contributed by atoms with E-state index in [1.54, 1.807) is 21.3 Å². The maximum absolute atomic E-state index is 5.20. The van der Waals surface area contributed by atoms with Crippen molar-refractivity contribution in [2.45, 2.75) is 0 Å². The molecule has 0 aromatic heterocycles. The van der Waals surface area contributed by atoms with Gasteiger partial charge in [-0.15, -0.1) is 0 Å². The molecule has 0 atom stereocenters. The number of methoxy groups -OCH3 is 3. The standard InChI is InChI=1S/C27H21O3P/c1-28-25-10-4-22(5-11-25)16-19-31(20-17-23-6-12-26(29-2)13-7-23)21-18-24-8-14-27(30-3)15-9-24/h4-15H,1-3H3. The van der Waals surface area contributed by atoms with E-state index < -0.39 is 7.92 Å². The lowest BCUT2D eigenvalue weighted by molar-refractivity contribution is 0.414. The molecule has 3 rings (SSSR count). The van der Waals surface area contributed by atoms with Gasteiger partial charge in [0.2, 0.25) is 0 Å². The van der Waals surface area contributed by atoms with Gasteiger partial charge in [-0.1, -0.05) is 17.8 Å². The van der Waals surface area contributed by atoms with E-state index in [0.717, 1.165) is 33.9 Å². The number of rotatable bonds is 3. The van der Waals surface area contributed by atoms with Gasteiger partial charge in [0.05, 0.1) is 21.3 Å².